The van der Waals surface area contributed by atoms with Crippen LogP contribution >= 0.6 is 23.6 Å². The normalized spacial score (nSPS) is 10.9. The highest BCUT2D eigenvalue weighted by Crippen LogP contribution is 2.27. The fourth-order valence-corrected chi connectivity index (χ4v) is 3.75. The summed E-state index contributed by atoms with van der Waals surface area (Å²) < 4.78 is 3.15. The number of aryl methyl sites for hydroxylation is 4. The number of hydrogen-bond donors (Lipinski definition) is 0. The Kier molecular flexibility index (Phi) is 3.23. The highest BCUT2D eigenvalue weighted by atomic mass is 32.1. The minimum Gasteiger partial charge on any atom is -0.295 e. The van der Waals surface area contributed by atoms with E-state index in [1.165, 1.54) is 32.9 Å². The first-order valence-corrected chi connectivity index (χ1v) is 6.91. The van der Waals surface area contributed by atoms with Gasteiger partial charge in [0.2, 0.25) is 0 Å². The second-order valence-electron chi connectivity index (χ2n) is 4.59. The molecule has 2 rings (SSSR count). The molecular formula is C14H17NS2. The second-order valence-corrected chi connectivity index (χ2v) is 6.44. The summed E-state index contributed by atoms with van der Waals surface area (Å²) in [6.45, 7) is 10.7. The van der Waals surface area contributed by atoms with Crippen LogP contribution in [0.25, 0.3) is 5.69 Å². The molecule has 1 nitrogen and oxygen atoms in total. The Labute approximate surface area is 112 Å². The lowest BCUT2D eigenvalue weighted by molar-refractivity contribution is 0.967. The Bertz CT molecular complexity index is 609. The monoisotopic (exact) mass is 263 g/mol. The second kappa shape index (κ2) is 4.39. The third-order valence-corrected chi connectivity index (χ3v) is 4.52. The summed E-state index contributed by atoms with van der Waals surface area (Å²) >= 11 is 7.17. The van der Waals surface area contributed by atoms with Crippen molar-refractivity contribution in [3.05, 3.63) is 43.3 Å². The Morgan fingerprint density at radius 3 is 1.94 bits per heavy atom. The van der Waals surface area contributed by atoms with Crippen LogP contribution in [0, 0.1) is 38.6 Å². The zero-order valence-corrected chi connectivity index (χ0v) is 12.6. The SMILES string of the molecule is Cc1cc(C)c(-n2c(C)c(C)sc2=S)c(C)c1. The van der Waals surface area contributed by atoms with Crippen LogP contribution in [0.4, 0.5) is 0 Å². The summed E-state index contributed by atoms with van der Waals surface area (Å²) in [6.07, 6.45) is 0. The van der Waals surface area contributed by atoms with Crippen molar-refractivity contribution in [1.82, 2.24) is 4.57 Å². The zero-order valence-electron chi connectivity index (χ0n) is 10.9. The molecule has 0 atom stereocenters. The first-order valence-electron chi connectivity index (χ1n) is 5.69. The van der Waals surface area contributed by atoms with E-state index in [4.69, 9.17) is 12.2 Å². The van der Waals surface area contributed by atoms with Gasteiger partial charge in [-0.3, -0.25) is 4.57 Å². The van der Waals surface area contributed by atoms with Crippen LogP contribution < -0.4 is 0 Å². The molecular weight excluding hydrogens is 246 g/mol. The predicted octanol–water partition coefficient (Wildman–Crippen LogP) is 4.81. The first kappa shape index (κ1) is 12.5. The molecule has 3 heteroatoms. The number of hydrogen-bond acceptors (Lipinski definition) is 2. The van der Waals surface area contributed by atoms with E-state index in [2.05, 4.69) is 51.3 Å². The van der Waals surface area contributed by atoms with Crippen molar-refractivity contribution in [3.8, 4) is 5.69 Å². The molecule has 1 aromatic carbocycles. The minimum absolute atomic E-state index is 0.940. The molecule has 0 aliphatic rings. The fraction of sp³-hybridized carbons (Fsp3) is 0.357. The van der Waals surface area contributed by atoms with Gasteiger partial charge in [0.25, 0.3) is 0 Å². The largest absolute Gasteiger partial charge is 0.295 e. The molecule has 0 spiro atoms. The molecule has 0 aliphatic heterocycles. The van der Waals surface area contributed by atoms with Crippen molar-refractivity contribution < 1.29 is 0 Å². The average molecular weight is 263 g/mol. The lowest BCUT2D eigenvalue weighted by Crippen LogP contribution is -2.03. The van der Waals surface area contributed by atoms with Gasteiger partial charge in [-0.15, -0.1) is 11.3 Å². The topological polar surface area (TPSA) is 4.93 Å². The minimum atomic E-state index is 0.940. The number of aromatic nitrogens is 1. The van der Waals surface area contributed by atoms with Gasteiger partial charge in [0.15, 0.2) is 3.95 Å². The third kappa shape index (κ3) is 2.09. The molecule has 0 bridgehead atoms. The van der Waals surface area contributed by atoms with Crippen molar-refractivity contribution >= 4 is 23.6 Å². The lowest BCUT2D eigenvalue weighted by atomic mass is 10.0. The van der Waals surface area contributed by atoms with E-state index in [9.17, 15) is 0 Å². The van der Waals surface area contributed by atoms with Crippen LogP contribution in [0.5, 0.6) is 0 Å². The molecule has 90 valence electrons. The van der Waals surface area contributed by atoms with Gasteiger partial charge in [-0.05, 0) is 58.0 Å². The maximum Gasteiger partial charge on any atom is 0.166 e. The molecule has 0 fully saturated rings. The van der Waals surface area contributed by atoms with Gasteiger partial charge in [-0.2, -0.15) is 0 Å². The van der Waals surface area contributed by atoms with Crippen molar-refractivity contribution in [2.45, 2.75) is 34.6 Å². The lowest BCUT2D eigenvalue weighted by Gasteiger charge is -2.14. The van der Waals surface area contributed by atoms with E-state index in [1.54, 1.807) is 11.3 Å². The summed E-state index contributed by atoms with van der Waals surface area (Å²) in [6, 6.07) is 4.44. The van der Waals surface area contributed by atoms with Crippen molar-refractivity contribution in [3.63, 3.8) is 0 Å². The Balaban J connectivity index is 2.82. The van der Waals surface area contributed by atoms with Gasteiger partial charge >= 0.3 is 0 Å². The summed E-state index contributed by atoms with van der Waals surface area (Å²) in [7, 11) is 0. The van der Waals surface area contributed by atoms with E-state index in [0.717, 1.165) is 3.95 Å². The molecule has 0 N–H and O–H groups in total. The highest BCUT2D eigenvalue weighted by Gasteiger charge is 2.12. The van der Waals surface area contributed by atoms with Crippen molar-refractivity contribution in [2.24, 2.45) is 0 Å². The standard InChI is InChI=1S/C14H17NS2/c1-8-6-9(2)13(10(3)7-8)15-11(4)12(5)17-14(15)16/h6-7H,1-5H3. The van der Waals surface area contributed by atoms with E-state index >= 15 is 0 Å². The molecule has 0 amide bonds. The van der Waals surface area contributed by atoms with Crippen LogP contribution in [0.3, 0.4) is 0 Å². The first-order chi connectivity index (χ1) is 7.91. The molecule has 0 unspecified atom stereocenters. The van der Waals surface area contributed by atoms with Gasteiger partial charge in [-0.25, -0.2) is 0 Å². The van der Waals surface area contributed by atoms with Crippen LogP contribution in [0.2, 0.25) is 0 Å². The van der Waals surface area contributed by atoms with Crippen LogP contribution in [0.1, 0.15) is 27.3 Å². The van der Waals surface area contributed by atoms with Crippen LogP contribution in [-0.4, -0.2) is 4.57 Å². The highest BCUT2D eigenvalue weighted by molar-refractivity contribution is 7.73. The third-order valence-electron chi connectivity index (χ3n) is 3.13. The van der Waals surface area contributed by atoms with Gasteiger partial charge in [0, 0.05) is 10.6 Å². The van der Waals surface area contributed by atoms with Crippen molar-refractivity contribution in [1.29, 1.82) is 0 Å². The summed E-state index contributed by atoms with van der Waals surface area (Å²) in [5.41, 5.74) is 6.40. The maximum absolute atomic E-state index is 5.48. The van der Waals surface area contributed by atoms with Gasteiger partial charge in [0.05, 0.1) is 5.69 Å². The maximum atomic E-state index is 5.48. The van der Waals surface area contributed by atoms with Crippen LogP contribution in [0.15, 0.2) is 12.1 Å². The van der Waals surface area contributed by atoms with Crippen LogP contribution in [-0.2, 0) is 0 Å². The number of thiazole rings is 1. The number of benzene rings is 1. The van der Waals surface area contributed by atoms with Crippen molar-refractivity contribution in [2.75, 3.05) is 0 Å². The van der Waals surface area contributed by atoms with E-state index in [1.807, 2.05) is 0 Å². The molecule has 0 saturated heterocycles. The summed E-state index contributed by atoms with van der Waals surface area (Å²) in [5, 5.41) is 0. The fourth-order valence-electron chi connectivity index (χ4n) is 2.33. The Hall–Kier alpha value is -0.930. The number of nitrogens with zero attached hydrogens (tertiary/aromatic N) is 1. The van der Waals surface area contributed by atoms with E-state index < -0.39 is 0 Å². The molecule has 1 heterocycles. The molecule has 0 radical (unpaired) electrons. The Morgan fingerprint density at radius 1 is 1.00 bits per heavy atom. The van der Waals surface area contributed by atoms with Gasteiger partial charge in [0.1, 0.15) is 0 Å². The summed E-state index contributed by atoms with van der Waals surface area (Å²) in [5.74, 6) is 0. The smallest absolute Gasteiger partial charge is 0.166 e. The average Bonchev–Trinajstić information content (AvgIpc) is 2.43. The number of rotatable bonds is 1. The van der Waals surface area contributed by atoms with Gasteiger partial charge < -0.3 is 0 Å². The molecule has 0 saturated carbocycles. The molecule has 17 heavy (non-hydrogen) atoms. The predicted molar refractivity (Wildman–Crippen MR) is 78.2 cm³/mol. The van der Waals surface area contributed by atoms with E-state index in [0.29, 0.717) is 0 Å². The van der Waals surface area contributed by atoms with E-state index in [-0.39, 0.29) is 0 Å². The summed E-state index contributed by atoms with van der Waals surface area (Å²) in [4.78, 5) is 1.30. The van der Waals surface area contributed by atoms with Gasteiger partial charge in [-0.1, -0.05) is 17.7 Å². The molecule has 0 aliphatic carbocycles. The molecule has 1 aromatic heterocycles. The Morgan fingerprint density at radius 2 is 1.53 bits per heavy atom. The molecule has 2 aromatic rings. The quantitative estimate of drug-likeness (QED) is 0.668. The zero-order chi connectivity index (χ0) is 12.7.